The fraction of sp³-hybridized carbons (Fsp3) is 0.125. The first-order chi connectivity index (χ1) is 5.36. The molecule has 3 nitrogen and oxygen atoms in total. The van der Waals surface area contributed by atoms with Crippen molar-refractivity contribution in [1.29, 1.82) is 0 Å². The molecule has 1 radical (unpaired) electrons. The second-order valence-electron chi connectivity index (χ2n) is 2.35. The van der Waals surface area contributed by atoms with Crippen molar-refractivity contribution >= 4 is 11.2 Å². The Labute approximate surface area is 64.1 Å². The molecule has 0 fully saturated rings. The van der Waals surface area contributed by atoms with Crippen LogP contribution in [0.4, 0.5) is 0 Å². The average Bonchev–Trinajstić information content (AvgIpc) is 2.04. The Morgan fingerprint density at radius 1 is 1.33 bits per heavy atom. The molecule has 0 aromatic carbocycles. The third-order valence-electron chi connectivity index (χ3n) is 1.42. The molecule has 0 aliphatic rings. The molecular weight excluding hydrogens is 400 g/mol. The molecular formula is C8H6LrN3-. The van der Waals surface area contributed by atoms with Crippen LogP contribution in [-0.2, 0) is 0 Å². The van der Waals surface area contributed by atoms with E-state index in [2.05, 4.69) is 21.1 Å². The number of hydrogen-bond donors (Lipinski definition) is 0. The van der Waals surface area contributed by atoms with E-state index in [1.54, 1.807) is 12.4 Å². The number of nitrogens with zero attached hydrogens (tertiary/aromatic N) is 3. The van der Waals surface area contributed by atoms with E-state index in [4.69, 9.17) is 0 Å². The first-order valence-corrected chi connectivity index (χ1v) is 3.32. The SMILES string of the molecule is Cc1cnc2n[c-]cnc2c1.[Lr]. The van der Waals surface area contributed by atoms with Crippen LogP contribution < -0.4 is 0 Å². The number of hydrogen-bond acceptors (Lipinski definition) is 3. The number of pyridine rings is 1. The Morgan fingerprint density at radius 3 is 3.00 bits per heavy atom. The normalized spacial score (nSPS) is 9.42. The van der Waals surface area contributed by atoms with Gasteiger partial charge in [-0.05, 0) is 24.8 Å². The Kier molecular flexibility index (Phi) is 1.66. The Bertz CT molecular complexity index is 389. The first-order valence-electron chi connectivity index (χ1n) is 3.32. The summed E-state index contributed by atoms with van der Waals surface area (Å²) in [6.07, 6.45) is 5.95. The molecule has 0 atom stereocenters. The van der Waals surface area contributed by atoms with Crippen molar-refractivity contribution in [2.24, 2.45) is 0 Å². The second kappa shape index (κ2) is 2.62. The molecule has 0 unspecified atom stereocenters. The van der Waals surface area contributed by atoms with E-state index in [1.807, 2.05) is 13.0 Å². The molecule has 0 spiro atoms. The van der Waals surface area contributed by atoms with Gasteiger partial charge in [0.25, 0.3) is 0 Å². The van der Waals surface area contributed by atoms with Crippen molar-refractivity contribution in [3.8, 4) is 0 Å². The van der Waals surface area contributed by atoms with E-state index < -0.39 is 0 Å². The molecule has 4 heteroatoms. The molecule has 0 aliphatic carbocycles. The maximum Gasteiger partial charge on any atom is 0.0233 e. The zero-order chi connectivity index (χ0) is 7.68. The van der Waals surface area contributed by atoms with Crippen molar-refractivity contribution in [3.63, 3.8) is 0 Å². The predicted octanol–water partition coefficient (Wildman–Crippen LogP) is 1.13. The number of aromatic nitrogens is 3. The Morgan fingerprint density at radius 2 is 2.17 bits per heavy atom. The number of fused-ring (bicyclic) bond motifs is 1. The quantitative estimate of drug-likeness (QED) is 0.617. The summed E-state index contributed by atoms with van der Waals surface area (Å²) in [6.45, 7) is 1.98. The average molecular weight is 406 g/mol. The van der Waals surface area contributed by atoms with Crippen molar-refractivity contribution in [2.45, 2.75) is 6.92 Å². The molecule has 12 heavy (non-hydrogen) atoms. The van der Waals surface area contributed by atoms with Gasteiger partial charge in [0, 0.05) is 17.4 Å². The van der Waals surface area contributed by atoms with Crippen molar-refractivity contribution in [3.05, 3.63) is 30.2 Å². The van der Waals surface area contributed by atoms with E-state index in [1.165, 1.54) is 0 Å². The first kappa shape index (κ1) is 7.60. The van der Waals surface area contributed by atoms with Crippen LogP contribution in [0, 0.1) is 13.1 Å². The van der Waals surface area contributed by atoms with Gasteiger partial charge in [0.2, 0.25) is 0 Å². The van der Waals surface area contributed by atoms with Gasteiger partial charge in [0.1, 0.15) is 0 Å². The van der Waals surface area contributed by atoms with E-state index in [0.717, 1.165) is 11.1 Å². The summed E-state index contributed by atoms with van der Waals surface area (Å²) < 4.78 is 0. The van der Waals surface area contributed by atoms with Crippen molar-refractivity contribution < 1.29 is 0 Å². The van der Waals surface area contributed by atoms with Gasteiger partial charge >= 0.3 is 0 Å². The number of aryl methyl sites for hydroxylation is 1. The van der Waals surface area contributed by atoms with Gasteiger partial charge in [-0.3, -0.25) is 4.98 Å². The van der Waals surface area contributed by atoms with Gasteiger partial charge in [-0.2, -0.15) is 0 Å². The zero-order valence-corrected chi connectivity index (χ0v) is 8.48. The molecule has 0 saturated carbocycles. The summed E-state index contributed by atoms with van der Waals surface area (Å²) >= 11 is 0. The molecule has 0 bridgehead atoms. The molecule has 0 saturated heterocycles. The van der Waals surface area contributed by atoms with Gasteiger partial charge in [-0.25, -0.2) is 0 Å². The minimum absolute atomic E-state index is 0. The largest absolute Gasteiger partial charge is 0.433 e. The van der Waals surface area contributed by atoms with Crippen LogP contribution >= 0.6 is 0 Å². The summed E-state index contributed by atoms with van der Waals surface area (Å²) in [5.74, 6) is 0. The summed E-state index contributed by atoms with van der Waals surface area (Å²) in [5.41, 5.74) is 2.57. The smallest absolute Gasteiger partial charge is 0.0233 e. The summed E-state index contributed by atoms with van der Waals surface area (Å²) in [7, 11) is 0. The minimum Gasteiger partial charge on any atom is -0.433 e. The van der Waals surface area contributed by atoms with E-state index in [0.29, 0.717) is 5.65 Å². The van der Waals surface area contributed by atoms with Crippen LogP contribution in [0.3, 0.4) is 0 Å². The fourth-order valence-electron chi connectivity index (χ4n) is 0.916. The van der Waals surface area contributed by atoms with Crippen LogP contribution in [0.15, 0.2) is 18.5 Å². The molecule has 2 rings (SSSR count). The topological polar surface area (TPSA) is 38.7 Å². The van der Waals surface area contributed by atoms with Crippen LogP contribution in [0.25, 0.3) is 11.2 Å². The molecule has 2 aromatic rings. The molecule has 2 aromatic heterocycles. The summed E-state index contributed by atoms with van der Waals surface area (Å²) in [4.78, 5) is 12.1. The van der Waals surface area contributed by atoms with Gasteiger partial charge in [-0.1, -0.05) is 0 Å². The van der Waals surface area contributed by atoms with Crippen molar-refractivity contribution in [1.82, 2.24) is 15.0 Å². The fourth-order valence-corrected chi connectivity index (χ4v) is 0.916. The molecule has 0 amide bonds. The van der Waals surface area contributed by atoms with Crippen LogP contribution in [0.1, 0.15) is 5.56 Å². The van der Waals surface area contributed by atoms with E-state index in [-0.39, 0.29) is 0 Å². The monoisotopic (exact) mass is 406 g/mol. The summed E-state index contributed by atoms with van der Waals surface area (Å²) in [6, 6.07) is 1.95. The molecule has 0 aliphatic heterocycles. The minimum atomic E-state index is 0. The third kappa shape index (κ3) is 1.03. The van der Waals surface area contributed by atoms with Crippen molar-refractivity contribution in [2.75, 3.05) is 0 Å². The second-order valence-corrected chi connectivity index (χ2v) is 2.35. The standard InChI is InChI=1S/C8H6N3.Lr/c1-6-4-7-8(11-5-6)10-3-2-9-7;/h2,4-5H,1H3;/q-1;. The predicted molar refractivity (Wildman–Crippen MR) is 40.9 cm³/mol. The molecule has 2 heterocycles. The van der Waals surface area contributed by atoms with Gasteiger partial charge in [0.05, 0.1) is 0 Å². The van der Waals surface area contributed by atoms with Gasteiger partial charge in [0.15, 0.2) is 0 Å². The Balaban J connectivity index is 0.000000720. The van der Waals surface area contributed by atoms with Gasteiger partial charge < -0.3 is 9.97 Å². The zero-order valence-electron chi connectivity index (χ0n) is 6.33. The summed E-state index contributed by atoms with van der Waals surface area (Å²) in [5, 5.41) is 0. The number of rotatable bonds is 0. The molecule has 0 N–H and O–H groups in total. The maximum atomic E-state index is 4.08. The van der Waals surface area contributed by atoms with E-state index >= 15 is 0 Å². The Hall–Kier alpha value is -2.51. The van der Waals surface area contributed by atoms with Crippen LogP contribution in [-0.4, -0.2) is 15.0 Å². The third-order valence-corrected chi connectivity index (χ3v) is 1.42. The van der Waals surface area contributed by atoms with E-state index in [9.17, 15) is 0 Å². The van der Waals surface area contributed by atoms with Crippen LogP contribution in [0.5, 0.6) is 0 Å². The maximum absolute atomic E-state index is 4.08. The molecule has 69 valence electrons. The van der Waals surface area contributed by atoms with Gasteiger partial charge in [-0.15, -0.1) is 6.20 Å². The van der Waals surface area contributed by atoms with Crippen LogP contribution in [0.2, 0.25) is 0 Å².